The van der Waals surface area contributed by atoms with Gasteiger partial charge < -0.3 is 5.73 Å². The van der Waals surface area contributed by atoms with E-state index in [1.54, 1.807) is 6.07 Å². The Kier molecular flexibility index (Phi) is 4.56. The molecule has 0 spiro atoms. The third-order valence-corrected chi connectivity index (χ3v) is 3.92. The number of hydrogen-bond acceptors (Lipinski definition) is 1. The molecule has 0 heterocycles. The van der Waals surface area contributed by atoms with Crippen molar-refractivity contribution < 1.29 is 4.39 Å². The van der Waals surface area contributed by atoms with Crippen molar-refractivity contribution in [3.8, 4) is 0 Å². The lowest BCUT2D eigenvalue weighted by molar-refractivity contribution is 0.575. The maximum absolute atomic E-state index is 13.9. The van der Waals surface area contributed by atoms with Gasteiger partial charge in [-0.1, -0.05) is 35.9 Å². The molecule has 0 saturated heterocycles. The molecule has 2 aromatic rings. The molecule has 0 amide bonds. The van der Waals surface area contributed by atoms with Crippen molar-refractivity contribution in [2.75, 3.05) is 6.54 Å². The van der Waals surface area contributed by atoms with Crippen LogP contribution in [-0.4, -0.2) is 6.54 Å². The SMILES string of the molecule is Cc1cc(C)c(CC(CN)c2ccccc2F)c(C)c1. The van der Waals surface area contributed by atoms with Crippen LogP contribution in [-0.2, 0) is 6.42 Å². The van der Waals surface area contributed by atoms with Crippen molar-refractivity contribution in [1.29, 1.82) is 0 Å². The Balaban J connectivity index is 2.35. The van der Waals surface area contributed by atoms with E-state index in [1.807, 2.05) is 12.1 Å². The van der Waals surface area contributed by atoms with Crippen molar-refractivity contribution >= 4 is 0 Å². The van der Waals surface area contributed by atoms with Gasteiger partial charge in [-0.15, -0.1) is 0 Å². The molecule has 0 saturated carbocycles. The molecule has 0 aliphatic heterocycles. The molecule has 0 radical (unpaired) electrons. The minimum atomic E-state index is -0.162. The summed E-state index contributed by atoms with van der Waals surface area (Å²) in [5, 5.41) is 0. The third-order valence-electron chi connectivity index (χ3n) is 3.92. The molecule has 2 N–H and O–H groups in total. The monoisotopic (exact) mass is 271 g/mol. The highest BCUT2D eigenvalue weighted by Crippen LogP contribution is 2.26. The largest absolute Gasteiger partial charge is 0.330 e. The maximum Gasteiger partial charge on any atom is 0.126 e. The first kappa shape index (κ1) is 14.7. The van der Waals surface area contributed by atoms with Gasteiger partial charge in [-0.2, -0.15) is 0 Å². The second kappa shape index (κ2) is 6.19. The van der Waals surface area contributed by atoms with Gasteiger partial charge in [-0.05, 0) is 62.1 Å². The molecule has 2 aromatic carbocycles. The topological polar surface area (TPSA) is 26.0 Å². The van der Waals surface area contributed by atoms with Crippen LogP contribution in [0.2, 0.25) is 0 Å². The highest BCUT2D eigenvalue weighted by Gasteiger charge is 2.16. The summed E-state index contributed by atoms with van der Waals surface area (Å²) in [5.41, 5.74) is 11.7. The van der Waals surface area contributed by atoms with E-state index in [0.29, 0.717) is 6.54 Å². The molecule has 106 valence electrons. The number of hydrogen-bond donors (Lipinski definition) is 1. The van der Waals surface area contributed by atoms with E-state index >= 15 is 0 Å². The van der Waals surface area contributed by atoms with Crippen LogP contribution in [0.25, 0.3) is 0 Å². The molecule has 20 heavy (non-hydrogen) atoms. The van der Waals surface area contributed by atoms with E-state index in [2.05, 4.69) is 32.9 Å². The summed E-state index contributed by atoms with van der Waals surface area (Å²) in [4.78, 5) is 0. The van der Waals surface area contributed by atoms with Crippen LogP contribution in [0.3, 0.4) is 0 Å². The van der Waals surface area contributed by atoms with Crippen LogP contribution in [0.4, 0.5) is 4.39 Å². The Morgan fingerprint density at radius 1 is 1.05 bits per heavy atom. The van der Waals surface area contributed by atoms with Crippen molar-refractivity contribution in [1.82, 2.24) is 0 Å². The lowest BCUT2D eigenvalue weighted by Crippen LogP contribution is -2.17. The Labute approximate surface area is 120 Å². The lowest BCUT2D eigenvalue weighted by Gasteiger charge is -2.19. The molecule has 0 aromatic heterocycles. The smallest absolute Gasteiger partial charge is 0.126 e. The van der Waals surface area contributed by atoms with Crippen molar-refractivity contribution in [2.24, 2.45) is 5.73 Å². The molecular weight excluding hydrogens is 249 g/mol. The van der Waals surface area contributed by atoms with Crippen molar-refractivity contribution in [3.63, 3.8) is 0 Å². The Morgan fingerprint density at radius 3 is 2.20 bits per heavy atom. The van der Waals surface area contributed by atoms with Gasteiger partial charge in [-0.25, -0.2) is 4.39 Å². The summed E-state index contributed by atoms with van der Waals surface area (Å²) in [6.45, 7) is 6.78. The van der Waals surface area contributed by atoms with Gasteiger partial charge >= 0.3 is 0 Å². The summed E-state index contributed by atoms with van der Waals surface area (Å²) in [6.07, 6.45) is 0.787. The Hall–Kier alpha value is -1.67. The van der Waals surface area contributed by atoms with Crippen LogP contribution >= 0.6 is 0 Å². The number of rotatable bonds is 4. The van der Waals surface area contributed by atoms with Gasteiger partial charge in [0.05, 0.1) is 0 Å². The minimum absolute atomic E-state index is 0.0244. The zero-order valence-electron chi connectivity index (χ0n) is 12.4. The maximum atomic E-state index is 13.9. The summed E-state index contributed by atoms with van der Waals surface area (Å²) >= 11 is 0. The zero-order chi connectivity index (χ0) is 14.7. The van der Waals surface area contributed by atoms with E-state index in [0.717, 1.165) is 12.0 Å². The fourth-order valence-corrected chi connectivity index (χ4v) is 2.90. The second-order valence-electron chi connectivity index (χ2n) is 5.54. The molecule has 2 rings (SSSR count). The van der Waals surface area contributed by atoms with E-state index in [-0.39, 0.29) is 11.7 Å². The van der Waals surface area contributed by atoms with Crippen LogP contribution in [0.1, 0.15) is 33.7 Å². The van der Waals surface area contributed by atoms with Gasteiger partial charge in [0.15, 0.2) is 0 Å². The van der Waals surface area contributed by atoms with E-state index in [1.165, 1.54) is 28.3 Å². The van der Waals surface area contributed by atoms with Gasteiger partial charge in [0.1, 0.15) is 5.82 Å². The molecular formula is C18H22FN. The predicted octanol–water partition coefficient (Wildman–Crippen LogP) is 4.04. The van der Waals surface area contributed by atoms with Crippen molar-refractivity contribution in [3.05, 3.63) is 70.0 Å². The van der Waals surface area contributed by atoms with Gasteiger partial charge in [0.2, 0.25) is 0 Å². The van der Waals surface area contributed by atoms with Crippen LogP contribution in [0.5, 0.6) is 0 Å². The predicted molar refractivity (Wildman–Crippen MR) is 82.6 cm³/mol. The molecule has 2 heteroatoms. The Bertz CT molecular complexity index is 581. The van der Waals surface area contributed by atoms with Gasteiger partial charge in [-0.3, -0.25) is 0 Å². The van der Waals surface area contributed by atoms with Gasteiger partial charge in [0.25, 0.3) is 0 Å². The number of nitrogens with two attached hydrogens (primary N) is 1. The minimum Gasteiger partial charge on any atom is -0.330 e. The molecule has 1 unspecified atom stereocenters. The van der Waals surface area contributed by atoms with Gasteiger partial charge in [0, 0.05) is 5.92 Å². The first-order valence-electron chi connectivity index (χ1n) is 7.04. The van der Waals surface area contributed by atoms with E-state index in [9.17, 15) is 4.39 Å². The van der Waals surface area contributed by atoms with Crippen molar-refractivity contribution in [2.45, 2.75) is 33.1 Å². The fourth-order valence-electron chi connectivity index (χ4n) is 2.90. The normalized spacial score (nSPS) is 12.4. The second-order valence-corrected chi connectivity index (χ2v) is 5.54. The first-order chi connectivity index (χ1) is 9.52. The lowest BCUT2D eigenvalue weighted by atomic mass is 9.87. The summed E-state index contributed by atoms with van der Waals surface area (Å²) < 4.78 is 13.9. The number of halogens is 1. The van der Waals surface area contributed by atoms with E-state index < -0.39 is 0 Å². The zero-order valence-corrected chi connectivity index (χ0v) is 12.4. The number of aryl methyl sites for hydroxylation is 3. The highest BCUT2D eigenvalue weighted by atomic mass is 19.1. The fraction of sp³-hybridized carbons (Fsp3) is 0.333. The molecule has 0 fully saturated rings. The summed E-state index contributed by atoms with van der Waals surface area (Å²) in [7, 11) is 0. The molecule has 0 aliphatic carbocycles. The standard InChI is InChI=1S/C18H22FN/c1-12-8-13(2)17(14(3)9-12)10-15(11-20)16-6-4-5-7-18(16)19/h4-9,15H,10-11,20H2,1-3H3. The van der Waals surface area contributed by atoms with Crippen LogP contribution < -0.4 is 5.73 Å². The first-order valence-corrected chi connectivity index (χ1v) is 7.04. The average Bonchev–Trinajstić information content (AvgIpc) is 2.39. The Morgan fingerprint density at radius 2 is 1.65 bits per heavy atom. The van der Waals surface area contributed by atoms with Crippen LogP contribution in [0.15, 0.2) is 36.4 Å². The summed E-state index contributed by atoms with van der Waals surface area (Å²) in [6, 6.07) is 11.3. The highest BCUT2D eigenvalue weighted by molar-refractivity contribution is 5.39. The molecule has 1 nitrogen and oxygen atoms in total. The quantitative estimate of drug-likeness (QED) is 0.892. The molecule has 0 bridgehead atoms. The summed E-state index contributed by atoms with van der Waals surface area (Å²) in [5.74, 6) is -0.137. The molecule has 1 atom stereocenters. The number of benzene rings is 2. The average molecular weight is 271 g/mol. The van der Waals surface area contributed by atoms with Crippen LogP contribution in [0, 0.1) is 26.6 Å². The third kappa shape index (κ3) is 3.07. The molecule has 0 aliphatic rings. The van der Waals surface area contributed by atoms with E-state index in [4.69, 9.17) is 5.73 Å².